The minimum atomic E-state index is -2.41. The number of methoxy groups -OCH3 is 1. The van der Waals surface area contributed by atoms with E-state index < -0.39 is 180 Å². The highest BCUT2D eigenvalue weighted by molar-refractivity contribution is 6.58. The van der Waals surface area contributed by atoms with Crippen molar-refractivity contribution in [3.05, 3.63) is 83.9 Å². The summed E-state index contributed by atoms with van der Waals surface area (Å²) in [5.74, 6) is -6.29. The van der Waals surface area contributed by atoms with Crippen LogP contribution in [0.15, 0.2) is 67.3 Å². The zero-order valence-corrected chi connectivity index (χ0v) is 46.3. The molecule has 6 heterocycles. The molecule has 0 radical (unpaired) electrons. The zero-order valence-electron chi connectivity index (χ0n) is 46.3. The lowest BCUT2D eigenvalue weighted by Crippen LogP contribution is -2.71. The van der Waals surface area contributed by atoms with Crippen molar-refractivity contribution in [2.24, 2.45) is 5.92 Å². The van der Waals surface area contributed by atoms with Gasteiger partial charge in [0.05, 0.1) is 25.3 Å². The molecule has 0 spiro atoms. The number of ether oxygens (including phenoxy) is 8. The van der Waals surface area contributed by atoms with Crippen LogP contribution < -0.4 is 46.4 Å². The predicted octanol–water partition coefficient (Wildman–Crippen LogP) is -12.2. The van der Waals surface area contributed by atoms with E-state index >= 15 is 0 Å². The number of aliphatic carboxylic acids is 1. The van der Waals surface area contributed by atoms with Crippen LogP contribution in [0.4, 0.5) is 0 Å². The lowest BCUT2D eigenvalue weighted by atomic mass is 9.82. The Bertz CT molecular complexity index is 2780. The van der Waals surface area contributed by atoms with E-state index in [1.54, 1.807) is 51.9 Å². The van der Waals surface area contributed by atoms with Crippen molar-refractivity contribution < 1.29 is 137 Å². The van der Waals surface area contributed by atoms with Crippen molar-refractivity contribution in [3.63, 3.8) is 0 Å². The number of aliphatic hydroxyl groups is 8. The number of hydrogen-bond donors (Lipinski definition) is 16. The first-order valence-corrected chi connectivity index (χ1v) is 26.9. The number of carbonyl (C=O) groups excluding carboxylic acids is 5. The van der Waals surface area contributed by atoms with Gasteiger partial charge in [-0.05, 0) is 6.07 Å². The van der Waals surface area contributed by atoms with Crippen LogP contribution in [0, 0.1) is 5.92 Å². The number of carbonyl (C=O) groups is 5. The molecule has 1 aromatic carbocycles. The number of aromatic nitrogens is 2. The van der Waals surface area contributed by atoms with Crippen LogP contribution in [0.5, 0.6) is 0 Å². The van der Waals surface area contributed by atoms with Crippen LogP contribution >= 0.6 is 0 Å². The van der Waals surface area contributed by atoms with Crippen LogP contribution in [0.3, 0.4) is 0 Å². The number of amides is 4. The van der Waals surface area contributed by atoms with Crippen LogP contribution in [0.25, 0.3) is 0 Å². The average Bonchev–Trinajstić information content (AvgIpc) is 1.14. The van der Waals surface area contributed by atoms with Gasteiger partial charge >= 0.3 is 14.2 Å². The Hall–Kier alpha value is -5.80. The summed E-state index contributed by atoms with van der Waals surface area (Å²) in [6, 6.07) is 8.10. The van der Waals surface area contributed by atoms with Crippen LogP contribution in [0.2, 0.25) is 0 Å². The molecule has 85 heavy (non-hydrogen) atoms. The fourth-order valence-corrected chi connectivity index (χ4v) is 10.3. The van der Waals surface area contributed by atoms with Crippen LogP contribution in [-0.2, 0) is 70.2 Å². The third-order valence-corrected chi connectivity index (χ3v) is 14.7. The largest absolute Gasteiger partial charge is 0.547 e. The highest BCUT2D eigenvalue weighted by Gasteiger charge is 2.56. The summed E-state index contributed by atoms with van der Waals surface area (Å²) in [5, 5.41) is 150. The van der Waals surface area contributed by atoms with Crippen molar-refractivity contribution in [2.45, 2.75) is 150 Å². The summed E-state index contributed by atoms with van der Waals surface area (Å²) in [6.45, 7) is 1.48. The maximum Gasteiger partial charge on any atom is 0.494 e. The number of pyridine rings is 2. The van der Waals surface area contributed by atoms with E-state index in [0.29, 0.717) is 11.1 Å². The quantitative estimate of drug-likeness (QED) is 0.0238. The number of nitrogens with zero attached hydrogens (tertiary/aromatic N) is 2. The van der Waals surface area contributed by atoms with E-state index in [0.717, 1.165) is 21.0 Å². The molecule has 4 fully saturated rings. The number of nitrogens with one attached hydrogen (secondary N) is 4. The maximum absolute atomic E-state index is 14.0. The fraction of sp³-hybridized carbons (Fsp3) is 0.588. The third kappa shape index (κ3) is 16.0. The second-order valence-corrected chi connectivity index (χ2v) is 20.8. The van der Waals surface area contributed by atoms with Gasteiger partial charge in [-0.1, -0.05) is 31.2 Å². The van der Waals surface area contributed by atoms with Crippen LogP contribution in [-0.4, -0.2) is 255 Å². The smallest absolute Gasteiger partial charge is 0.494 e. The lowest BCUT2D eigenvalue weighted by Gasteiger charge is -2.50. The molecule has 12 unspecified atom stereocenters. The van der Waals surface area contributed by atoms with E-state index in [1.807, 2.05) is 0 Å². The molecule has 0 saturated carbocycles. The second kappa shape index (κ2) is 29.7. The molecule has 20 atom stereocenters. The molecule has 2 aromatic heterocycles. The zero-order chi connectivity index (χ0) is 62.1. The number of benzene rings is 1. The molecular weight excluding hydrogens is 1130 g/mol. The first-order valence-electron chi connectivity index (χ1n) is 26.9. The summed E-state index contributed by atoms with van der Waals surface area (Å²) in [4.78, 5) is 65.6. The Morgan fingerprint density at radius 3 is 1.62 bits per heavy atom. The number of rotatable bonds is 23. The van der Waals surface area contributed by atoms with E-state index in [4.69, 9.17) is 37.9 Å². The number of hydrogen-bond acceptors (Lipinski definition) is 26. The Kier molecular flexibility index (Phi) is 23.3. The third-order valence-electron chi connectivity index (χ3n) is 14.7. The van der Waals surface area contributed by atoms with Gasteiger partial charge in [0.2, 0.25) is 17.7 Å². The van der Waals surface area contributed by atoms with E-state index in [1.165, 1.54) is 31.5 Å². The Morgan fingerprint density at radius 1 is 0.612 bits per heavy atom. The molecule has 4 aliphatic heterocycles. The van der Waals surface area contributed by atoms with Crippen molar-refractivity contribution in [2.75, 3.05) is 33.4 Å². The molecule has 32 nitrogen and oxygen atoms in total. The molecule has 7 rings (SSSR count). The van der Waals surface area contributed by atoms with E-state index in [9.17, 15) is 90.0 Å². The standard InChI is InChI=1S/C51H70B2N6O26/c1-22-34(64)38(68)50(81-40(22)46(71)55-12-11-54-45(70)29-15-25(16-58-13-5-7-27(18-58)52(74)75)9-10-26(29)17-59-14-6-8-28(19-59)53(76)77)83-42-33(57-24(3)63)49(80-31(21-61)36(42)66)84-43-37(67)39(69)51(85-44(43)47(72)73)82-41-32(56-23(2)62)48(78-4)79-30(20-60)35(41)65/h5-10,13-15,18-19,22,30-44,48-51,60-61,64-69,74-77H,11-12,16-17,20-21H2,1-4H3,(H3-2,54,55,56,57,62,63,70,71,72,73)/p+1/t22-,30?,31?,32?,33?,34-,35-,36-,37+,38?,39?,40?,41?,42?,43-,44?,48?,49?,50+,51-/m1/s1. The minimum Gasteiger partial charge on any atom is -0.547 e. The molecule has 4 amide bonds. The molecule has 466 valence electrons. The number of carboxylic acids is 1. The minimum absolute atomic E-state index is 0.0970. The van der Waals surface area contributed by atoms with E-state index in [-0.39, 0.29) is 42.7 Å². The molecule has 34 heteroatoms. The molecule has 0 bridgehead atoms. The average molecular weight is 1210 g/mol. The summed E-state index contributed by atoms with van der Waals surface area (Å²) in [6.07, 6.45) is -26.5. The highest BCUT2D eigenvalue weighted by atomic mass is 16.8. The predicted molar refractivity (Wildman–Crippen MR) is 279 cm³/mol. The van der Waals surface area contributed by atoms with Crippen molar-refractivity contribution in [3.8, 4) is 0 Å². The van der Waals surface area contributed by atoms with Crippen molar-refractivity contribution in [1.82, 2.24) is 21.3 Å². The lowest BCUT2D eigenvalue weighted by molar-refractivity contribution is -0.688. The summed E-state index contributed by atoms with van der Waals surface area (Å²) < 4.78 is 49.0. The van der Waals surface area contributed by atoms with Crippen molar-refractivity contribution in [1.29, 1.82) is 0 Å². The van der Waals surface area contributed by atoms with Gasteiger partial charge in [-0.25, -0.2) is 9.13 Å². The van der Waals surface area contributed by atoms with Gasteiger partial charge in [0.15, 0.2) is 63.0 Å². The summed E-state index contributed by atoms with van der Waals surface area (Å²) in [5.41, 5.74) is 1.74. The summed E-state index contributed by atoms with van der Waals surface area (Å²) >= 11 is 0. The van der Waals surface area contributed by atoms with Gasteiger partial charge in [-0.3, -0.25) is 19.2 Å². The first kappa shape index (κ1) is 66.7. The van der Waals surface area contributed by atoms with Crippen molar-refractivity contribution >= 4 is 54.8 Å². The molecular formula is C51H71B2N6O26+. The van der Waals surface area contributed by atoms with E-state index in [2.05, 4.69) is 21.3 Å². The van der Waals surface area contributed by atoms with Gasteiger partial charge in [0.25, 0.3) is 5.91 Å². The Labute approximate surface area is 485 Å². The number of carboxylic acid groups (broad SMARTS) is 1. The summed E-state index contributed by atoms with van der Waals surface area (Å²) in [7, 11) is -2.33. The first-order chi connectivity index (χ1) is 40.3. The Balaban J connectivity index is 1.04. The molecule has 0 aliphatic carbocycles. The fourth-order valence-electron chi connectivity index (χ4n) is 10.3. The van der Waals surface area contributed by atoms with Gasteiger partial charge in [0, 0.05) is 79.7 Å². The normalized spacial score (nSPS) is 33.0. The molecule has 4 aliphatic rings. The van der Waals surface area contributed by atoms with Gasteiger partial charge < -0.3 is 130 Å². The topological polar surface area (TPSA) is 481 Å². The molecule has 4 saturated heterocycles. The maximum atomic E-state index is 14.0. The SMILES string of the molecule is COC1OC(CO)[C@@H](O)C(O[C@@H]2OC(C(=O)[O-])[C@H](OC3OC(CO)[C@@H](O)C(O[C@@H]4OC(C(=O)NCCNC(=O)c5cc(C[n+]6cccc(B(O)O)c6)ccc5C[n+]5cccc(B(O)O)c5)[C@H](C)[C@@H](O)C4O)C3NC(C)=O)[C@@H](O)C2O)C1NC(C)=O. The molecule has 3 aromatic rings. The van der Waals surface area contributed by atoms with Gasteiger partial charge in [-0.15, -0.1) is 0 Å². The molecule has 16 N–H and O–H groups in total. The second-order valence-electron chi connectivity index (χ2n) is 20.8. The Morgan fingerprint density at radius 2 is 1.11 bits per heavy atom. The van der Waals surface area contributed by atoms with Gasteiger partial charge in [0.1, 0.15) is 85.3 Å². The van der Waals surface area contributed by atoms with Gasteiger partial charge in [-0.2, -0.15) is 0 Å². The number of aliphatic hydroxyl groups excluding tert-OH is 8. The monoisotopic (exact) mass is 1210 g/mol. The highest BCUT2D eigenvalue weighted by Crippen LogP contribution is 2.35. The van der Waals surface area contributed by atoms with Crippen LogP contribution in [0.1, 0.15) is 42.3 Å².